The van der Waals surface area contributed by atoms with E-state index in [9.17, 15) is 0 Å². The summed E-state index contributed by atoms with van der Waals surface area (Å²) in [5.74, 6) is 1.01. The summed E-state index contributed by atoms with van der Waals surface area (Å²) in [4.78, 5) is 74.4. The van der Waals surface area contributed by atoms with Gasteiger partial charge in [-0.3, -0.25) is 19.2 Å². The summed E-state index contributed by atoms with van der Waals surface area (Å²) in [6.07, 6.45) is 16.8. The molecule has 12 heteroatoms. The first kappa shape index (κ1) is 53.9. The number of fused-ring (bicyclic) bond motifs is 2. The number of hydrogen-bond acceptors (Lipinski definition) is 8. The molecule has 8 heterocycles. The maximum atomic E-state index is 15.2. The number of carbonyl (C=O) groups excluding carboxylic acids is 4. The molecule has 4 aromatic rings. The van der Waals surface area contributed by atoms with Crippen LogP contribution in [0, 0.1) is 23.7 Å². The molecule has 4 amide bonds. The van der Waals surface area contributed by atoms with Gasteiger partial charge in [-0.2, -0.15) is 0 Å². The number of thiophene rings is 4. The average Bonchev–Trinajstić information content (AvgIpc) is 4.27. The monoisotopic (exact) mass is 1050 g/mol. The van der Waals surface area contributed by atoms with Crippen molar-refractivity contribution in [1.82, 2.24) is 19.6 Å². The Morgan fingerprint density at radius 2 is 0.625 bits per heavy atom. The van der Waals surface area contributed by atoms with Crippen LogP contribution in [0.2, 0.25) is 0 Å². The highest BCUT2D eigenvalue weighted by Gasteiger charge is 2.52. The predicted molar refractivity (Wildman–Crippen MR) is 304 cm³/mol. The normalized spacial score (nSPS) is 17.8. The quantitative estimate of drug-likeness (QED) is 0.0543. The van der Waals surface area contributed by atoms with Gasteiger partial charge in [-0.15, -0.1) is 45.3 Å². The standard InChI is InChI=1S/C60H78N4O4S4/c1-9-17-23-39(13-5)35-61-53(45-27-21-33-69-45)49-51(59(61)67)55(63(57(49)65)37-41(15-7)25-19-11-3)47-31-29-43(71-47)44-30-32-48(72-44)56-52-50(58(66)64(56)38-42(16-8)26-20-12-4)54(46-28-22-34-70-46)62(60(52)68)36-40(14-6)24-18-10-2/h21-22,27-34,39-42H,9-20,23-26,35-38H2,1-8H3. The molecule has 4 aliphatic rings. The summed E-state index contributed by atoms with van der Waals surface area (Å²) in [5.41, 5.74) is 5.25. The van der Waals surface area contributed by atoms with E-state index in [1.54, 1.807) is 45.3 Å². The molecule has 0 radical (unpaired) electrons. The lowest BCUT2D eigenvalue weighted by Crippen LogP contribution is -2.34. The Balaban J connectivity index is 1.23. The van der Waals surface area contributed by atoms with E-state index in [1.807, 2.05) is 42.5 Å². The Morgan fingerprint density at radius 1 is 0.361 bits per heavy atom. The molecular weight excluding hydrogens is 969 g/mol. The SMILES string of the molecule is CCCCC(CC)CN1C(=O)C2=C(c3ccc(-c4ccc(C5=C6C(=O)N(CC(CC)CCCC)C(c7cccs7)=C6C(=O)N5CC(CC)CCCC)s4)s3)N(CC(CC)CCCC)C(=O)C2=C1c1cccs1. The summed E-state index contributed by atoms with van der Waals surface area (Å²) in [7, 11) is 0. The largest absolute Gasteiger partial charge is 0.306 e. The molecule has 4 aliphatic heterocycles. The molecule has 0 saturated heterocycles. The van der Waals surface area contributed by atoms with Crippen molar-refractivity contribution < 1.29 is 19.2 Å². The van der Waals surface area contributed by atoms with Gasteiger partial charge in [0.15, 0.2) is 0 Å². The summed E-state index contributed by atoms with van der Waals surface area (Å²) >= 11 is 6.44. The van der Waals surface area contributed by atoms with Gasteiger partial charge in [0.05, 0.1) is 64.6 Å². The fourth-order valence-corrected chi connectivity index (χ4v) is 15.0. The van der Waals surface area contributed by atoms with E-state index in [-0.39, 0.29) is 23.6 Å². The minimum Gasteiger partial charge on any atom is -0.306 e. The van der Waals surface area contributed by atoms with E-state index in [4.69, 9.17) is 0 Å². The van der Waals surface area contributed by atoms with E-state index in [2.05, 4.69) is 91.8 Å². The molecule has 4 aromatic heterocycles. The fraction of sp³-hybridized carbons (Fsp3) is 0.533. The molecule has 0 fully saturated rings. The average molecular weight is 1050 g/mol. The summed E-state index contributed by atoms with van der Waals surface area (Å²) < 4.78 is 0. The van der Waals surface area contributed by atoms with Crippen molar-refractivity contribution in [3.05, 3.63) is 101 Å². The Kier molecular flexibility index (Phi) is 18.6. The van der Waals surface area contributed by atoms with Crippen LogP contribution in [0.3, 0.4) is 0 Å². The van der Waals surface area contributed by atoms with Gasteiger partial charge in [0.2, 0.25) is 0 Å². The van der Waals surface area contributed by atoms with Crippen molar-refractivity contribution in [3.8, 4) is 9.75 Å². The van der Waals surface area contributed by atoms with Gasteiger partial charge in [-0.25, -0.2) is 0 Å². The first-order valence-corrected chi connectivity index (χ1v) is 31.0. The molecule has 0 aromatic carbocycles. The maximum absolute atomic E-state index is 15.2. The molecule has 0 bridgehead atoms. The molecule has 72 heavy (non-hydrogen) atoms. The van der Waals surface area contributed by atoms with Crippen molar-refractivity contribution in [1.29, 1.82) is 0 Å². The number of unbranched alkanes of at least 4 members (excludes halogenated alkanes) is 4. The summed E-state index contributed by atoms with van der Waals surface area (Å²) in [6, 6.07) is 16.6. The Hall–Kier alpha value is -4.36. The van der Waals surface area contributed by atoms with Crippen LogP contribution in [-0.4, -0.2) is 69.4 Å². The molecule has 8 nitrogen and oxygen atoms in total. The van der Waals surface area contributed by atoms with E-state index < -0.39 is 0 Å². The minimum atomic E-state index is -0.0652. The van der Waals surface area contributed by atoms with Gasteiger partial charge < -0.3 is 19.6 Å². The fourth-order valence-electron chi connectivity index (χ4n) is 11.2. The van der Waals surface area contributed by atoms with Crippen molar-refractivity contribution in [3.63, 3.8) is 0 Å². The molecule has 0 saturated carbocycles. The maximum Gasteiger partial charge on any atom is 0.261 e. The van der Waals surface area contributed by atoms with Crippen LogP contribution in [0.4, 0.5) is 0 Å². The minimum absolute atomic E-state index is 0.0652. The van der Waals surface area contributed by atoms with Crippen molar-refractivity contribution in [2.24, 2.45) is 23.7 Å². The number of carbonyl (C=O) groups is 4. The van der Waals surface area contributed by atoms with Crippen molar-refractivity contribution in [2.45, 2.75) is 158 Å². The van der Waals surface area contributed by atoms with Gasteiger partial charge >= 0.3 is 0 Å². The Labute approximate surface area is 446 Å². The highest BCUT2D eigenvalue weighted by atomic mass is 32.1. The molecule has 0 aliphatic carbocycles. The smallest absolute Gasteiger partial charge is 0.261 e. The van der Waals surface area contributed by atoms with Crippen molar-refractivity contribution >= 4 is 91.8 Å². The van der Waals surface area contributed by atoms with E-state index >= 15 is 19.2 Å². The molecule has 0 N–H and O–H groups in total. The Morgan fingerprint density at radius 3 is 0.861 bits per heavy atom. The third-order valence-corrected chi connectivity index (χ3v) is 19.9. The van der Waals surface area contributed by atoms with Crippen molar-refractivity contribution in [2.75, 3.05) is 26.2 Å². The van der Waals surface area contributed by atoms with Gasteiger partial charge in [0, 0.05) is 35.9 Å². The van der Waals surface area contributed by atoms with E-state index in [1.165, 1.54) is 0 Å². The van der Waals surface area contributed by atoms with Gasteiger partial charge in [-0.05, 0) is 96.5 Å². The molecule has 8 rings (SSSR count). The summed E-state index contributed by atoms with van der Waals surface area (Å²) in [6.45, 7) is 20.0. The summed E-state index contributed by atoms with van der Waals surface area (Å²) in [5, 5.41) is 4.08. The molecule has 0 spiro atoms. The van der Waals surface area contributed by atoms with Crippen LogP contribution in [0.15, 0.2) is 81.6 Å². The van der Waals surface area contributed by atoms with Crippen LogP contribution < -0.4 is 0 Å². The third kappa shape index (κ3) is 10.8. The highest BCUT2D eigenvalue weighted by molar-refractivity contribution is 7.23. The molecular formula is C60H78N4O4S4. The third-order valence-electron chi connectivity index (χ3n) is 15.7. The molecule has 4 atom stereocenters. The number of amides is 4. The second-order valence-electron chi connectivity index (χ2n) is 20.5. The van der Waals surface area contributed by atoms with Gasteiger partial charge in [-0.1, -0.05) is 145 Å². The first-order valence-electron chi connectivity index (χ1n) is 27.6. The Bertz CT molecular complexity index is 2500. The zero-order chi connectivity index (χ0) is 51.1. The van der Waals surface area contributed by atoms with Crippen LogP contribution in [-0.2, 0) is 19.2 Å². The predicted octanol–water partition coefficient (Wildman–Crippen LogP) is 16.1. The zero-order valence-corrected chi connectivity index (χ0v) is 47.5. The first-order chi connectivity index (χ1) is 35.1. The van der Waals surface area contributed by atoms with Crippen LogP contribution in [0.5, 0.6) is 0 Å². The van der Waals surface area contributed by atoms with Crippen LogP contribution >= 0.6 is 45.3 Å². The van der Waals surface area contributed by atoms with Gasteiger partial charge in [0.1, 0.15) is 0 Å². The highest BCUT2D eigenvalue weighted by Crippen LogP contribution is 2.53. The van der Waals surface area contributed by atoms with Gasteiger partial charge in [0.25, 0.3) is 23.6 Å². The molecule has 4 unspecified atom stereocenters. The second kappa shape index (κ2) is 24.8. The number of nitrogens with zero attached hydrogens (tertiary/aromatic N) is 4. The lowest BCUT2D eigenvalue weighted by atomic mass is 9.98. The topological polar surface area (TPSA) is 81.2 Å². The van der Waals surface area contributed by atoms with E-state index in [0.29, 0.717) is 72.1 Å². The molecule has 386 valence electrons. The lowest BCUT2D eigenvalue weighted by Gasteiger charge is -2.29. The number of rotatable bonds is 29. The number of hydrogen-bond donors (Lipinski definition) is 0. The lowest BCUT2D eigenvalue weighted by molar-refractivity contribution is -0.124. The van der Waals surface area contributed by atoms with E-state index in [0.717, 1.165) is 155 Å². The van der Waals surface area contributed by atoms with Crippen LogP contribution in [0.25, 0.3) is 32.5 Å². The van der Waals surface area contributed by atoms with Crippen LogP contribution in [0.1, 0.15) is 178 Å². The second-order valence-corrected chi connectivity index (χ2v) is 24.6. The zero-order valence-electron chi connectivity index (χ0n) is 44.3.